The number of unbranched alkanes of at least 4 members (excludes halogenated alkanes) is 1. The molecule has 0 bridgehead atoms. The molecule has 0 aromatic heterocycles. The van der Waals surface area contributed by atoms with Crippen molar-refractivity contribution in [2.45, 2.75) is 33.2 Å². The molecular formula is C16H25IN4. The first-order valence-electron chi connectivity index (χ1n) is 7.19. The number of hydrogen-bond donors (Lipinski definition) is 1. The zero-order chi connectivity index (χ0) is 14.8. The average molecular weight is 400 g/mol. The molecule has 0 saturated heterocycles. The molecule has 0 spiro atoms. The predicted molar refractivity (Wildman–Crippen MR) is 98.9 cm³/mol. The van der Waals surface area contributed by atoms with Crippen LogP contribution in [0.2, 0.25) is 0 Å². The van der Waals surface area contributed by atoms with E-state index in [1.165, 1.54) is 6.42 Å². The van der Waals surface area contributed by atoms with Gasteiger partial charge in [-0.25, -0.2) is 4.99 Å². The number of nitrogens with one attached hydrogen (secondary N) is 1. The third kappa shape index (κ3) is 7.32. The third-order valence-corrected chi connectivity index (χ3v) is 3.01. The molecule has 0 amide bonds. The fourth-order valence-corrected chi connectivity index (χ4v) is 1.88. The minimum atomic E-state index is 0. The molecule has 5 heteroatoms. The van der Waals surface area contributed by atoms with Gasteiger partial charge in [0.25, 0.3) is 0 Å². The van der Waals surface area contributed by atoms with Gasteiger partial charge < -0.3 is 10.2 Å². The van der Waals surface area contributed by atoms with Crippen molar-refractivity contribution in [2.75, 3.05) is 20.1 Å². The van der Waals surface area contributed by atoms with E-state index in [4.69, 9.17) is 5.26 Å². The van der Waals surface area contributed by atoms with Crippen LogP contribution in [-0.2, 0) is 6.54 Å². The van der Waals surface area contributed by atoms with E-state index in [0.29, 0.717) is 12.1 Å². The summed E-state index contributed by atoms with van der Waals surface area (Å²) < 4.78 is 0. The second-order valence-electron chi connectivity index (χ2n) is 4.76. The number of halogens is 1. The van der Waals surface area contributed by atoms with E-state index in [9.17, 15) is 0 Å². The highest BCUT2D eigenvalue weighted by atomic mass is 127. The van der Waals surface area contributed by atoms with Gasteiger partial charge >= 0.3 is 0 Å². The first kappa shape index (κ1) is 19.7. The monoisotopic (exact) mass is 400 g/mol. The molecule has 0 aliphatic rings. The highest BCUT2D eigenvalue weighted by Gasteiger charge is 2.04. The van der Waals surface area contributed by atoms with Gasteiger partial charge in [0.2, 0.25) is 0 Å². The molecule has 1 aromatic carbocycles. The van der Waals surface area contributed by atoms with E-state index in [1.807, 2.05) is 24.3 Å². The van der Waals surface area contributed by atoms with E-state index in [2.05, 4.69) is 42.2 Å². The summed E-state index contributed by atoms with van der Waals surface area (Å²) in [4.78, 5) is 6.79. The van der Waals surface area contributed by atoms with E-state index < -0.39 is 0 Å². The SMILES string of the molecule is CCCCN(C)C(=NCc1cccc(C#N)c1)NCC.I. The summed E-state index contributed by atoms with van der Waals surface area (Å²) in [5.74, 6) is 0.920. The first-order valence-corrected chi connectivity index (χ1v) is 7.19. The quantitative estimate of drug-likeness (QED) is 0.453. The van der Waals surface area contributed by atoms with Crippen LogP contribution < -0.4 is 5.32 Å². The second kappa shape index (κ2) is 11.4. The molecule has 0 heterocycles. The van der Waals surface area contributed by atoms with Gasteiger partial charge in [0.1, 0.15) is 0 Å². The zero-order valence-electron chi connectivity index (χ0n) is 13.1. The van der Waals surface area contributed by atoms with Crippen LogP contribution in [0.4, 0.5) is 0 Å². The maximum absolute atomic E-state index is 8.90. The average Bonchev–Trinajstić information content (AvgIpc) is 2.49. The largest absolute Gasteiger partial charge is 0.357 e. The zero-order valence-corrected chi connectivity index (χ0v) is 15.4. The molecule has 0 fully saturated rings. The van der Waals surface area contributed by atoms with Crippen molar-refractivity contribution in [1.29, 1.82) is 5.26 Å². The van der Waals surface area contributed by atoms with Crippen molar-refractivity contribution in [3.8, 4) is 6.07 Å². The lowest BCUT2D eigenvalue weighted by molar-refractivity contribution is 0.465. The van der Waals surface area contributed by atoms with Crippen LogP contribution in [0.1, 0.15) is 37.8 Å². The summed E-state index contributed by atoms with van der Waals surface area (Å²) in [6.45, 7) is 6.70. The van der Waals surface area contributed by atoms with Crippen molar-refractivity contribution in [1.82, 2.24) is 10.2 Å². The van der Waals surface area contributed by atoms with Crippen molar-refractivity contribution in [2.24, 2.45) is 4.99 Å². The van der Waals surface area contributed by atoms with Gasteiger partial charge in [-0.05, 0) is 31.0 Å². The Hall–Kier alpha value is -1.29. The molecule has 1 rings (SSSR count). The Morgan fingerprint density at radius 2 is 2.14 bits per heavy atom. The van der Waals surface area contributed by atoms with Crippen LogP contribution in [0.15, 0.2) is 29.3 Å². The van der Waals surface area contributed by atoms with Crippen LogP contribution in [-0.4, -0.2) is 31.0 Å². The van der Waals surface area contributed by atoms with E-state index >= 15 is 0 Å². The minimum Gasteiger partial charge on any atom is -0.357 e. The van der Waals surface area contributed by atoms with Gasteiger partial charge in [-0.3, -0.25) is 0 Å². The number of aliphatic imine (C=N–C) groups is 1. The van der Waals surface area contributed by atoms with Gasteiger partial charge in [-0.2, -0.15) is 5.26 Å². The number of rotatable bonds is 6. The fraction of sp³-hybridized carbons (Fsp3) is 0.500. The maximum atomic E-state index is 8.90. The van der Waals surface area contributed by atoms with Gasteiger partial charge in [0, 0.05) is 20.1 Å². The Kier molecular flexibility index (Phi) is 10.7. The number of nitriles is 1. The normalized spacial score (nSPS) is 10.5. The summed E-state index contributed by atoms with van der Waals surface area (Å²) in [6.07, 6.45) is 2.33. The summed E-state index contributed by atoms with van der Waals surface area (Å²) >= 11 is 0. The number of guanidine groups is 1. The summed E-state index contributed by atoms with van der Waals surface area (Å²) in [7, 11) is 2.06. The van der Waals surface area contributed by atoms with Crippen LogP contribution in [0.25, 0.3) is 0 Å². The van der Waals surface area contributed by atoms with Gasteiger partial charge in [-0.15, -0.1) is 24.0 Å². The standard InChI is InChI=1S/C16H24N4.HI/c1-4-6-10-20(3)16(18-5-2)19-13-15-9-7-8-14(11-15)12-17;/h7-9,11H,4-6,10,13H2,1-3H3,(H,18,19);1H. The molecule has 0 atom stereocenters. The Labute approximate surface area is 145 Å². The van der Waals surface area contributed by atoms with Gasteiger partial charge in [-0.1, -0.05) is 25.5 Å². The maximum Gasteiger partial charge on any atom is 0.193 e. The Bertz CT molecular complexity index is 479. The molecule has 0 aliphatic carbocycles. The van der Waals surface area contributed by atoms with Gasteiger partial charge in [0.05, 0.1) is 18.2 Å². The summed E-state index contributed by atoms with van der Waals surface area (Å²) in [6, 6.07) is 9.76. The van der Waals surface area contributed by atoms with E-state index in [-0.39, 0.29) is 24.0 Å². The number of hydrogen-bond acceptors (Lipinski definition) is 2. The molecular weight excluding hydrogens is 375 g/mol. The lowest BCUT2D eigenvalue weighted by Crippen LogP contribution is -2.39. The Morgan fingerprint density at radius 1 is 1.38 bits per heavy atom. The topological polar surface area (TPSA) is 51.4 Å². The molecule has 1 N–H and O–H groups in total. The summed E-state index contributed by atoms with van der Waals surface area (Å²) in [5.41, 5.74) is 1.74. The lowest BCUT2D eigenvalue weighted by atomic mass is 10.1. The lowest BCUT2D eigenvalue weighted by Gasteiger charge is -2.21. The Morgan fingerprint density at radius 3 is 2.76 bits per heavy atom. The minimum absolute atomic E-state index is 0. The predicted octanol–water partition coefficient (Wildman–Crippen LogP) is 3.37. The van der Waals surface area contributed by atoms with Crippen molar-refractivity contribution >= 4 is 29.9 Å². The first-order chi connectivity index (χ1) is 9.71. The molecule has 1 aromatic rings. The molecule has 0 unspecified atom stereocenters. The summed E-state index contributed by atoms with van der Waals surface area (Å²) in [5, 5.41) is 12.2. The molecule has 0 radical (unpaired) electrons. The molecule has 0 saturated carbocycles. The van der Waals surface area contributed by atoms with Crippen LogP contribution in [0.5, 0.6) is 0 Å². The molecule has 0 aliphatic heterocycles. The third-order valence-electron chi connectivity index (χ3n) is 3.01. The van der Waals surface area contributed by atoms with Crippen molar-refractivity contribution in [3.05, 3.63) is 35.4 Å². The highest BCUT2D eigenvalue weighted by Crippen LogP contribution is 2.06. The molecule has 116 valence electrons. The van der Waals surface area contributed by atoms with E-state index in [1.54, 1.807) is 0 Å². The van der Waals surface area contributed by atoms with Crippen LogP contribution in [0.3, 0.4) is 0 Å². The Balaban J connectivity index is 0.00000400. The molecule has 21 heavy (non-hydrogen) atoms. The highest BCUT2D eigenvalue weighted by molar-refractivity contribution is 14.0. The second-order valence-corrected chi connectivity index (χ2v) is 4.76. The van der Waals surface area contributed by atoms with Crippen LogP contribution >= 0.6 is 24.0 Å². The molecule has 4 nitrogen and oxygen atoms in total. The van der Waals surface area contributed by atoms with E-state index in [0.717, 1.165) is 31.0 Å². The van der Waals surface area contributed by atoms with Crippen molar-refractivity contribution < 1.29 is 0 Å². The number of nitrogens with zero attached hydrogens (tertiary/aromatic N) is 3. The number of benzene rings is 1. The van der Waals surface area contributed by atoms with Crippen LogP contribution in [0, 0.1) is 11.3 Å². The van der Waals surface area contributed by atoms with Gasteiger partial charge in [0.15, 0.2) is 5.96 Å². The fourth-order valence-electron chi connectivity index (χ4n) is 1.88. The smallest absolute Gasteiger partial charge is 0.193 e. The van der Waals surface area contributed by atoms with Crippen molar-refractivity contribution in [3.63, 3.8) is 0 Å².